The molecule has 2 atom stereocenters. The van der Waals surface area contributed by atoms with Gasteiger partial charge in [0.1, 0.15) is 5.82 Å². The van der Waals surface area contributed by atoms with Crippen molar-refractivity contribution in [3.05, 3.63) is 42.0 Å². The zero-order chi connectivity index (χ0) is 19.2. The molecule has 0 spiro atoms. The lowest BCUT2D eigenvalue weighted by Crippen LogP contribution is -2.34. The van der Waals surface area contributed by atoms with Crippen LogP contribution in [0.25, 0.3) is 0 Å². The minimum atomic E-state index is -3.58. The topological polar surface area (TPSA) is 84.3 Å². The molecule has 0 aliphatic carbocycles. The van der Waals surface area contributed by atoms with Crippen molar-refractivity contribution in [2.45, 2.75) is 50.6 Å². The van der Waals surface area contributed by atoms with E-state index in [4.69, 9.17) is 0 Å². The van der Waals surface area contributed by atoms with Crippen molar-refractivity contribution in [3.8, 4) is 0 Å². The number of amides is 1. The number of nitrogens with one attached hydrogen (secondary N) is 1. The molecule has 0 bridgehead atoms. The Bertz CT molecular complexity index is 983. The molecule has 4 rings (SSSR count). The third-order valence-corrected chi connectivity index (χ3v) is 6.93. The van der Waals surface area contributed by atoms with Crippen molar-refractivity contribution >= 4 is 21.6 Å². The van der Waals surface area contributed by atoms with Gasteiger partial charge >= 0.3 is 0 Å². The zero-order valence-electron chi connectivity index (χ0n) is 15.6. The monoisotopic (exact) mass is 388 g/mol. The van der Waals surface area contributed by atoms with E-state index in [1.807, 2.05) is 13.1 Å². The van der Waals surface area contributed by atoms with Crippen LogP contribution in [0.1, 0.15) is 31.7 Å². The fraction of sp³-hybridized carbons (Fsp3) is 0.474. The number of fused-ring (bicyclic) bond motifs is 2. The van der Waals surface area contributed by atoms with Gasteiger partial charge < -0.3 is 9.47 Å². The smallest absolute Gasteiger partial charge is 0.240 e. The van der Waals surface area contributed by atoms with Gasteiger partial charge in [-0.1, -0.05) is 0 Å². The summed E-state index contributed by atoms with van der Waals surface area (Å²) in [6, 6.07) is 5.08. The average molecular weight is 388 g/mol. The van der Waals surface area contributed by atoms with E-state index >= 15 is 0 Å². The second-order valence-corrected chi connectivity index (χ2v) is 9.25. The highest BCUT2D eigenvalue weighted by atomic mass is 32.2. The van der Waals surface area contributed by atoms with Gasteiger partial charge in [-0.3, -0.25) is 4.79 Å². The van der Waals surface area contributed by atoms with Crippen molar-refractivity contribution in [2.75, 3.05) is 11.4 Å². The largest absolute Gasteiger partial charge is 0.335 e. The average Bonchev–Trinajstić information content (AvgIpc) is 3.21. The first-order valence-electron chi connectivity index (χ1n) is 9.27. The van der Waals surface area contributed by atoms with Gasteiger partial charge in [0.2, 0.25) is 15.9 Å². The lowest BCUT2D eigenvalue weighted by atomic mass is 10.00. The van der Waals surface area contributed by atoms with Gasteiger partial charge in [-0.25, -0.2) is 18.1 Å². The van der Waals surface area contributed by atoms with Crippen molar-refractivity contribution in [3.63, 3.8) is 0 Å². The second-order valence-electron chi connectivity index (χ2n) is 7.49. The van der Waals surface area contributed by atoms with Crippen LogP contribution >= 0.6 is 0 Å². The van der Waals surface area contributed by atoms with E-state index in [9.17, 15) is 13.2 Å². The van der Waals surface area contributed by atoms with E-state index in [2.05, 4.69) is 14.3 Å². The fourth-order valence-corrected chi connectivity index (χ4v) is 5.34. The third kappa shape index (κ3) is 3.39. The normalized spacial score (nSPS) is 21.8. The molecule has 7 nitrogen and oxygen atoms in total. The Morgan fingerprint density at radius 1 is 1.37 bits per heavy atom. The van der Waals surface area contributed by atoms with Crippen molar-refractivity contribution in [2.24, 2.45) is 5.92 Å². The van der Waals surface area contributed by atoms with E-state index in [1.54, 1.807) is 29.3 Å². The first kappa shape index (κ1) is 18.2. The number of aryl methyl sites for hydroxylation is 1. The fourth-order valence-electron chi connectivity index (χ4n) is 4.17. The zero-order valence-corrected chi connectivity index (χ0v) is 16.4. The number of anilines is 1. The molecule has 144 valence electrons. The van der Waals surface area contributed by atoms with Crippen LogP contribution in [0.5, 0.6) is 0 Å². The number of carbonyl (C=O) groups is 1. The molecule has 2 aliphatic rings. The summed E-state index contributed by atoms with van der Waals surface area (Å²) in [6.07, 6.45) is 6.20. The Morgan fingerprint density at radius 2 is 2.19 bits per heavy atom. The van der Waals surface area contributed by atoms with E-state index in [1.165, 1.54) is 6.92 Å². The maximum Gasteiger partial charge on any atom is 0.240 e. The summed E-state index contributed by atoms with van der Waals surface area (Å²) in [6.45, 7) is 4.70. The van der Waals surface area contributed by atoms with Crippen LogP contribution in [0.15, 0.2) is 35.5 Å². The van der Waals surface area contributed by atoms with E-state index in [0.717, 1.165) is 36.5 Å². The summed E-state index contributed by atoms with van der Waals surface area (Å²) in [5.41, 5.74) is 1.72. The van der Waals surface area contributed by atoms with Crippen LogP contribution < -0.4 is 9.62 Å². The first-order chi connectivity index (χ1) is 12.8. The van der Waals surface area contributed by atoms with Gasteiger partial charge in [-0.2, -0.15) is 0 Å². The molecule has 0 radical (unpaired) electrons. The Kier molecular flexibility index (Phi) is 4.55. The lowest BCUT2D eigenvalue weighted by Gasteiger charge is -2.24. The SMILES string of the molecule is CC(=O)N1c2ccc(S(=O)(=O)NC[C@H]3CCc4nccn4C3)cc2C[C@@H]1C. The Hall–Kier alpha value is -2.19. The highest BCUT2D eigenvalue weighted by Crippen LogP contribution is 2.33. The van der Waals surface area contributed by atoms with Crippen molar-refractivity contribution in [1.82, 2.24) is 14.3 Å². The lowest BCUT2D eigenvalue weighted by molar-refractivity contribution is -0.116. The minimum absolute atomic E-state index is 0.0221. The molecule has 2 aliphatic heterocycles. The number of benzene rings is 1. The van der Waals surface area contributed by atoms with Gasteiger partial charge in [0.15, 0.2) is 0 Å². The van der Waals surface area contributed by atoms with Crippen LogP contribution in [0.4, 0.5) is 5.69 Å². The summed E-state index contributed by atoms with van der Waals surface area (Å²) >= 11 is 0. The van der Waals surface area contributed by atoms with Crippen LogP contribution in [-0.2, 0) is 34.2 Å². The number of carbonyl (C=O) groups excluding carboxylic acids is 1. The second kappa shape index (κ2) is 6.76. The van der Waals surface area contributed by atoms with Crippen LogP contribution in [0, 0.1) is 5.92 Å². The number of imidazole rings is 1. The molecule has 2 aromatic rings. The maximum absolute atomic E-state index is 12.8. The van der Waals surface area contributed by atoms with Crippen LogP contribution in [-0.4, -0.2) is 36.5 Å². The van der Waals surface area contributed by atoms with Crippen molar-refractivity contribution in [1.29, 1.82) is 0 Å². The standard InChI is InChI=1S/C19H24N4O3S/c1-13-9-16-10-17(4-5-18(16)23(13)14(2)24)27(25,26)21-11-15-3-6-19-20-7-8-22(19)12-15/h4-5,7-8,10,13,15,21H,3,6,9,11-12H2,1-2H3/t13-,15+/m0/s1. The maximum atomic E-state index is 12.8. The van der Waals surface area contributed by atoms with Gasteiger partial charge in [0, 0.05) is 50.6 Å². The molecule has 1 aromatic heterocycles. The Balaban J connectivity index is 1.47. The quantitative estimate of drug-likeness (QED) is 0.864. The first-order valence-corrected chi connectivity index (χ1v) is 10.8. The molecule has 8 heteroatoms. The molecular weight excluding hydrogens is 364 g/mol. The minimum Gasteiger partial charge on any atom is -0.335 e. The summed E-state index contributed by atoms with van der Waals surface area (Å²) in [5.74, 6) is 1.30. The number of rotatable bonds is 4. The Morgan fingerprint density at radius 3 is 2.96 bits per heavy atom. The van der Waals surface area contributed by atoms with E-state index in [0.29, 0.717) is 13.0 Å². The van der Waals surface area contributed by atoms with E-state index in [-0.39, 0.29) is 22.8 Å². The molecule has 0 saturated heterocycles. The summed E-state index contributed by atoms with van der Waals surface area (Å²) in [5, 5.41) is 0. The third-order valence-electron chi connectivity index (χ3n) is 5.51. The number of aromatic nitrogens is 2. The van der Waals surface area contributed by atoms with Gasteiger partial charge in [-0.15, -0.1) is 0 Å². The molecule has 0 unspecified atom stereocenters. The number of nitrogens with zero attached hydrogens (tertiary/aromatic N) is 3. The molecule has 27 heavy (non-hydrogen) atoms. The van der Waals surface area contributed by atoms with Gasteiger partial charge in [-0.05, 0) is 49.4 Å². The predicted octanol–water partition coefficient (Wildman–Crippen LogP) is 1.72. The predicted molar refractivity (Wildman–Crippen MR) is 102 cm³/mol. The highest BCUT2D eigenvalue weighted by Gasteiger charge is 2.30. The highest BCUT2D eigenvalue weighted by molar-refractivity contribution is 7.89. The molecule has 1 aromatic carbocycles. The van der Waals surface area contributed by atoms with Gasteiger partial charge in [0.05, 0.1) is 4.90 Å². The molecule has 3 heterocycles. The number of hydrogen-bond donors (Lipinski definition) is 1. The summed E-state index contributed by atoms with van der Waals surface area (Å²) < 4.78 is 30.4. The molecule has 0 saturated carbocycles. The van der Waals surface area contributed by atoms with E-state index < -0.39 is 10.0 Å². The Labute approximate surface area is 159 Å². The number of hydrogen-bond acceptors (Lipinski definition) is 4. The van der Waals surface area contributed by atoms with Crippen LogP contribution in [0.3, 0.4) is 0 Å². The summed E-state index contributed by atoms with van der Waals surface area (Å²) in [7, 11) is -3.58. The van der Waals surface area contributed by atoms with Gasteiger partial charge in [0.25, 0.3) is 0 Å². The molecule has 0 fully saturated rings. The molecule has 1 N–H and O–H groups in total. The number of sulfonamides is 1. The molecule has 1 amide bonds. The summed E-state index contributed by atoms with van der Waals surface area (Å²) in [4.78, 5) is 18.1. The molecular formula is C19H24N4O3S. The van der Waals surface area contributed by atoms with Crippen molar-refractivity contribution < 1.29 is 13.2 Å². The van der Waals surface area contributed by atoms with Crippen LogP contribution in [0.2, 0.25) is 0 Å².